The Morgan fingerprint density at radius 3 is 2.40 bits per heavy atom. The van der Waals surface area contributed by atoms with E-state index in [1.807, 2.05) is 11.1 Å². The highest BCUT2D eigenvalue weighted by Gasteiger charge is 2.00. The lowest BCUT2D eigenvalue weighted by molar-refractivity contribution is -0.105. The van der Waals surface area contributed by atoms with Gasteiger partial charge in [0, 0.05) is 20.6 Å². The van der Waals surface area contributed by atoms with E-state index < -0.39 is 0 Å². The molecule has 3 heteroatoms. The van der Waals surface area contributed by atoms with Crippen molar-refractivity contribution in [2.45, 2.75) is 19.1 Å². The average molecular weight is 209 g/mol. The Bertz CT molecular complexity index is 89.6. The number of ether oxygens (including phenoxy) is 2. The zero-order chi connectivity index (χ0) is 7.82. The molecule has 0 atom stereocenters. The molecule has 0 heterocycles. The molecule has 0 aromatic heterocycles. The summed E-state index contributed by atoms with van der Waals surface area (Å²) < 4.78 is 9.95. The van der Waals surface area contributed by atoms with Gasteiger partial charge < -0.3 is 9.47 Å². The molecule has 60 valence electrons. The van der Waals surface area contributed by atoms with Crippen molar-refractivity contribution in [1.82, 2.24) is 0 Å². The lowest BCUT2D eigenvalue weighted by atomic mass is 10.3. The van der Waals surface area contributed by atoms with E-state index in [-0.39, 0.29) is 6.29 Å². The van der Waals surface area contributed by atoms with Crippen LogP contribution in [0.1, 0.15) is 12.8 Å². The Hall–Kier alpha value is 0.140. The quantitative estimate of drug-likeness (QED) is 0.646. The summed E-state index contributed by atoms with van der Waals surface area (Å²) in [5, 5.41) is 0. The van der Waals surface area contributed by atoms with Gasteiger partial charge in [0.05, 0.1) is 0 Å². The lowest BCUT2D eigenvalue weighted by Crippen LogP contribution is -2.11. The molecule has 0 rings (SSSR count). The molecule has 0 saturated heterocycles. The molecule has 0 aliphatic carbocycles. The maximum absolute atomic E-state index is 4.97. The minimum absolute atomic E-state index is 0.0660. The summed E-state index contributed by atoms with van der Waals surface area (Å²) in [7, 11) is 3.29. The monoisotopic (exact) mass is 208 g/mol. The van der Waals surface area contributed by atoms with Crippen LogP contribution in [0.25, 0.3) is 0 Å². The minimum Gasteiger partial charge on any atom is -0.356 e. The van der Waals surface area contributed by atoms with Crippen LogP contribution in [-0.4, -0.2) is 20.5 Å². The molecule has 0 aliphatic heterocycles. The van der Waals surface area contributed by atoms with Crippen LogP contribution in [0.15, 0.2) is 11.1 Å². The first-order chi connectivity index (χ1) is 4.85. The smallest absolute Gasteiger partial charge is 0.157 e. The van der Waals surface area contributed by atoms with Crippen molar-refractivity contribution in [1.29, 1.82) is 0 Å². The van der Waals surface area contributed by atoms with Gasteiger partial charge in [0.25, 0.3) is 0 Å². The summed E-state index contributed by atoms with van der Waals surface area (Å²) in [6, 6.07) is 0. The minimum atomic E-state index is -0.0660. The molecule has 0 saturated carbocycles. The van der Waals surface area contributed by atoms with Gasteiger partial charge in [0.15, 0.2) is 6.29 Å². The van der Waals surface area contributed by atoms with E-state index in [0.717, 1.165) is 12.8 Å². The fourth-order valence-electron chi connectivity index (χ4n) is 0.627. The van der Waals surface area contributed by atoms with Crippen LogP contribution < -0.4 is 0 Å². The fraction of sp³-hybridized carbons (Fsp3) is 0.714. The highest BCUT2D eigenvalue weighted by atomic mass is 79.9. The second-order valence-corrected chi connectivity index (χ2v) is 2.37. The first-order valence-electron chi connectivity index (χ1n) is 3.16. The Morgan fingerprint density at radius 2 is 2.00 bits per heavy atom. The van der Waals surface area contributed by atoms with Crippen molar-refractivity contribution in [3.63, 3.8) is 0 Å². The van der Waals surface area contributed by atoms with Crippen LogP contribution in [0.4, 0.5) is 0 Å². The lowest BCUT2D eigenvalue weighted by Gasteiger charge is -2.10. The van der Waals surface area contributed by atoms with Gasteiger partial charge in [-0.2, -0.15) is 0 Å². The molecular formula is C7H13BrO2. The third kappa shape index (κ3) is 4.97. The van der Waals surface area contributed by atoms with Gasteiger partial charge in [0.2, 0.25) is 0 Å². The number of methoxy groups -OCH3 is 2. The maximum Gasteiger partial charge on any atom is 0.157 e. The third-order valence-electron chi connectivity index (χ3n) is 1.18. The topological polar surface area (TPSA) is 18.5 Å². The third-order valence-corrected chi connectivity index (χ3v) is 1.56. The summed E-state index contributed by atoms with van der Waals surface area (Å²) in [4.78, 5) is 1.84. The van der Waals surface area contributed by atoms with E-state index >= 15 is 0 Å². The van der Waals surface area contributed by atoms with Crippen LogP contribution in [0.3, 0.4) is 0 Å². The second-order valence-electron chi connectivity index (χ2n) is 1.84. The van der Waals surface area contributed by atoms with Gasteiger partial charge in [-0.15, -0.1) is 0 Å². The van der Waals surface area contributed by atoms with E-state index in [2.05, 4.69) is 15.9 Å². The number of rotatable bonds is 5. The molecule has 2 nitrogen and oxygen atoms in total. The molecule has 0 N–H and O–H groups in total. The molecule has 0 amide bonds. The SMILES string of the molecule is COC(CC/C=C/Br)OC. The van der Waals surface area contributed by atoms with Crippen molar-refractivity contribution < 1.29 is 9.47 Å². The van der Waals surface area contributed by atoms with Crippen molar-refractivity contribution in [3.8, 4) is 0 Å². The Morgan fingerprint density at radius 1 is 1.40 bits per heavy atom. The molecule has 0 unspecified atom stereocenters. The highest BCUT2D eigenvalue weighted by molar-refractivity contribution is 9.11. The van der Waals surface area contributed by atoms with Crippen LogP contribution in [0.5, 0.6) is 0 Å². The van der Waals surface area contributed by atoms with Gasteiger partial charge in [-0.05, 0) is 11.4 Å². The van der Waals surface area contributed by atoms with E-state index in [1.54, 1.807) is 14.2 Å². The van der Waals surface area contributed by atoms with Gasteiger partial charge in [0.1, 0.15) is 0 Å². The van der Waals surface area contributed by atoms with Crippen molar-refractivity contribution in [2.75, 3.05) is 14.2 Å². The first kappa shape index (κ1) is 10.1. The average Bonchev–Trinajstić information content (AvgIpc) is 1.99. The summed E-state index contributed by atoms with van der Waals surface area (Å²) >= 11 is 3.18. The summed E-state index contributed by atoms with van der Waals surface area (Å²) in [6.07, 6.45) is 3.82. The van der Waals surface area contributed by atoms with E-state index in [4.69, 9.17) is 9.47 Å². The zero-order valence-corrected chi connectivity index (χ0v) is 7.93. The second kappa shape index (κ2) is 7.25. The summed E-state index contributed by atoms with van der Waals surface area (Å²) in [5.41, 5.74) is 0. The van der Waals surface area contributed by atoms with Crippen LogP contribution >= 0.6 is 15.9 Å². The van der Waals surface area contributed by atoms with Crippen LogP contribution in [0.2, 0.25) is 0 Å². The van der Waals surface area contributed by atoms with E-state index in [1.165, 1.54) is 0 Å². The zero-order valence-electron chi connectivity index (χ0n) is 6.34. The van der Waals surface area contributed by atoms with Crippen molar-refractivity contribution >= 4 is 15.9 Å². The summed E-state index contributed by atoms with van der Waals surface area (Å²) in [5.74, 6) is 0. The van der Waals surface area contributed by atoms with Gasteiger partial charge >= 0.3 is 0 Å². The summed E-state index contributed by atoms with van der Waals surface area (Å²) in [6.45, 7) is 0. The molecule has 0 aliphatic rings. The largest absolute Gasteiger partial charge is 0.356 e. The molecular weight excluding hydrogens is 196 g/mol. The number of hydrogen-bond acceptors (Lipinski definition) is 2. The molecule has 0 aromatic rings. The fourth-order valence-corrected chi connectivity index (χ4v) is 0.892. The molecule has 0 fully saturated rings. The number of allylic oxidation sites excluding steroid dienone is 1. The van der Waals surface area contributed by atoms with E-state index in [0.29, 0.717) is 0 Å². The van der Waals surface area contributed by atoms with Gasteiger partial charge in [-0.3, -0.25) is 0 Å². The Balaban J connectivity index is 3.25. The molecule has 10 heavy (non-hydrogen) atoms. The highest BCUT2D eigenvalue weighted by Crippen LogP contribution is 2.02. The van der Waals surface area contributed by atoms with Crippen LogP contribution in [0, 0.1) is 0 Å². The van der Waals surface area contributed by atoms with E-state index in [9.17, 15) is 0 Å². The maximum atomic E-state index is 4.97. The molecule has 0 spiro atoms. The van der Waals surface area contributed by atoms with Gasteiger partial charge in [-0.25, -0.2) is 0 Å². The van der Waals surface area contributed by atoms with Crippen molar-refractivity contribution in [2.24, 2.45) is 0 Å². The van der Waals surface area contributed by atoms with Crippen LogP contribution in [-0.2, 0) is 9.47 Å². The van der Waals surface area contributed by atoms with Crippen molar-refractivity contribution in [3.05, 3.63) is 11.1 Å². The normalized spacial score (nSPS) is 11.6. The predicted octanol–water partition coefficient (Wildman–Crippen LogP) is 2.29. The standard InChI is InChI=1S/C7H13BrO2/c1-9-7(10-2)5-3-4-6-8/h4,6-7H,3,5H2,1-2H3/b6-4+. The molecule has 0 bridgehead atoms. The number of hydrogen-bond donors (Lipinski definition) is 0. The van der Waals surface area contributed by atoms with Gasteiger partial charge in [-0.1, -0.05) is 22.0 Å². The first-order valence-corrected chi connectivity index (χ1v) is 4.07. The Kier molecular flexibility index (Phi) is 7.35. The Labute approximate surface area is 70.3 Å². The number of halogens is 1. The molecule has 0 radical (unpaired) electrons. The molecule has 0 aromatic carbocycles. The predicted molar refractivity (Wildman–Crippen MR) is 45.1 cm³/mol.